The second-order valence-electron chi connectivity index (χ2n) is 4.96. The second kappa shape index (κ2) is 6.32. The van der Waals surface area contributed by atoms with E-state index < -0.39 is 5.92 Å². The summed E-state index contributed by atoms with van der Waals surface area (Å²) in [4.78, 5) is 16.2. The fourth-order valence-corrected chi connectivity index (χ4v) is 1.61. The van der Waals surface area contributed by atoms with Crippen molar-refractivity contribution in [2.24, 2.45) is 0 Å². The Kier molecular flexibility index (Phi) is 4.50. The molecule has 5 nitrogen and oxygen atoms in total. The highest BCUT2D eigenvalue weighted by molar-refractivity contribution is 5.76. The maximum Gasteiger partial charge on any atom is 0.318 e. The van der Waals surface area contributed by atoms with E-state index >= 15 is 0 Å². The standard InChI is InChI=1S/C15H18N2O3/c1-10(2)13-16-14(20-17-13)11(3)15(18)19-9-12-7-5-4-6-8-12/h4-8,10-11H,9H2,1-3H3. The molecule has 5 heteroatoms. The number of rotatable bonds is 5. The van der Waals surface area contributed by atoms with Crippen LogP contribution in [0.3, 0.4) is 0 Å². The molecule has 0 aliphatic heterocycles. The van der Waals surface area contributed by atoms with Gasteiger partial charge in [-0.2, -0.15) is 4.98 Å². The summed E-state index contributed by atoms with van der Waals surface area (Å²) in [6.45, 7) is 5.88. The molecule has 0 aliphatic rings. The summed E-state index contributed by atoms with van der Waals surface area (Å²) in [6.07, 6.45) is 0. The quantitative estimate of drug-likeness (QED) is 0.784. The third kappa shape index (κ3) is 3.44. The van der Waals surface area contributed by atoms with Gasteiger partial charge in [-0.15, -0.1) is 0 Å². The summed E-state index contributed by atoms with van der Waals surface area (Å²) < 4.78 is 10.3. The first-order valence-corrected chi connectivity index (χ1v) is 6.62. The number of hydrogen-bond donors (Lipinski definition) is 0. The number of aromatic nitrogens is 2. The minimum absolute atomic E-state index is 0.167. The number of carbonyl (C=O) groups excluding carboxylic acids is 1. The molecule has 1 unspecified atom stereocenters. The third-order valence-electron chi connectivity index (χ3n) is 2.92. The number of carbonyl (C=O) groups is 1. The monoisotopic (exact) mass is 274 g/mol. The zero-order valence-corrected chi connectivity index (χ0v) is 11.9. The Labute approximate surface area is 118 Å². The lowest BCUT2D eigenvalue weighted by Gasteiger charge is -2.07. The van der Waals surface area contributed by atoms with Crippen molar-refractivity contribution in [2.45, 2.75) is 39.2 Å². The fraction of sp³-hybridized carbons (Fsp3) is 0.400. The summed E-state index contributed by atoms with van der Waals surface area (Å²) in [5.74, 6) is 0.140. The molecule has 1 aromatic heterocycles. The van der Waals surface area contributed by atoms with E-state index in [0.717, 1.165) is 5.56 Å². The zero-order valence-electron chi connectivity index (χ0n) is 11.9. The smallest absolute Gasteiger partial charge is 0.318 e. The van der Waals surface area contributed by atoms with Crippen LogP contribution in [0.2, 0.25) is 0 Å². The van der Waals surface area contributed by atoms with Crippen molar-refractivity contribution < 1.29 is 14.1 Å². The van der Waals surface area contributed by atoms with E-state index in [1.54, 1.807) is 6.92 Å². The molecular formula is C15H18N2O3. The second-order valence-corrected chi connectivity index (χ2v) is 4.96. The highest BCUT2D eigenvalue weighted by atomic mass is 16.5. The first kappa shape index (κ1) is 14.2. The Hall–Kier alpha value is -2.17. The van der Waals surface area contributed by atoms with Crippen molar-refractivity contribution in [1.82, 2.24) is 10.1 Å². The summed E-state index contributed by atoms with van der Waals surface area (Å²) in [7, 11) is 0. The Bertz CT molecular complexity index is 564. The molecule has 1 aromatic carbocycles. The van der Waals surface area contributed by atoms with Crippen LogP contribution >= 0.6 is 0 Å². The molecule has 0 bridgehead atoms. The van der Waals surface area contributed by atoms with Gasteiger partial charge in [0.25, 0.3) is 0 Å². The predicted molar refractivity (Wildman–Crippen MR) is 73.0 cm³/mol. The van der Waals surface area contributed by atoms with Crippen molar-refractivity contribution in [1.29, 1.82) is 0 Å². The highest BCUT2D eigenvalue weighted by Gasteiger charge is 2.24. The van der Waals surface area contributed by atoms with E-state index in [1.807, 2.05) is 44.2 Å². The molecule has 20 heavy (non-hydrogen) atoms. The van der Waals surface area contributed by atoms with Crippen molar-refractivity contribution in [3.8, 4) is 0 Å². The number of ether oxygens (including phenoxy) is 1. The molecular weight excluding hydrogens is 256 g/mol. The Morgan fingerprint density at radius 3 is 2.55 bits per heavy atom. The average molecular weight is 274 g/mol. The van der Waals surface area contributed by atoms with Gasteiger partial charge in [0.2, 0.25) is 5.89 Å². The summed E-state index contributed by atoms with van der Waals surface area (Å²) in [5.41, 5.74) is 0.946. The van der Waals surface area contributed by atoms with Crippen LogP contribution in [0.25, 0.3) is 0 Å². The molecule has 1 heterocycles. The number of nitrogens with zero attached hydrogens (tertiary/aromatic N) is 2. The van der Waals surface area contributed by atoms with Gasteiger partial charge in [-0.3, -0.25) is 4.79 Å². The van der Waals surface area contributed by atoms with Gasteiger partial charge in [0.1, 0.15) is 12.5 Å². The van der Waals surface area contributed by atoms with Crippen molar-refractivity contribution in [2.75, 3.05) is 0 Å². The number of esters is 1. The molecule has 0 radical (unpaired) electrons. The van der Waals surface area contributed by atoms with E-state index in [2.05, 4.69) is 10.1 Å². The van der Waals surface area contributed by atoms with Crippen LogP contribution in [0, 0.1) is 0 Å². The number of hydrogen-bond acceptors (Lipinski definition) is 5. The third-order valence-corrected chi connectivity index (χ3v) is 2.92. The van der Waals surface area contributed by atoms with E-state index in [9.17, 15) is 4.79 Å². The molecule has 0 fully saturated rings. The molecule has 2 rings (SSSR count). The van der Waals surface area contributed by atoms with Crippen LogP contribution in [0.5, 0.6) is 0 Å². The van der Waals surface area contributed by atoms with Gasteiger partial charge in [-0.05, 0) is 12.5 Å². The molecule has 0 N–H and O–H groups in total. The van der Waals surface area contributed by atoms with Crippen LogP contribution in [0.15, 0.2) is 34.9 Å². The van der Waals surface area contributed by atoms with Crippen LogP contribution < -0.4 is 0 Å². The maximum absolute atomic E-state index is 11.9. The lowest BCUT2D eigenvalue weighted by Crippen LogP contribution is -2.13. The zero-order chi connectivity index (χ0) is 14.5. The van der Waals surface area contributed by atoms with Gasteiger partial charge in [-0.25, -0.2) is 0 Å². The topological polar surface area (TPSA) is 65.2 Å². The number of benzene rings is 1. The fourth-order valence-electron chi connectivity index (χ4n) is 1.61. The van der Waals surface area contributed by atoms with Gasteiger partial charge >= 0.3 is 5.97 Å². The van der Waals surface area contributed by atoms with Gasteiger partial charge in [0.05, 0.1) is 0 Å². The predicted octanol–water partition coefficient (Wildman–Crippen LogP) is 3.04. The van der Waals surface area contributed by atoms with E-state index in [0.29, 0.717) is 11.7 Å². The van der Waals surface area contributed by atoms with Gasteiger partial charge < -0.3 is 9.26 Å². The van der Waals surface area contributed by atoms with Crippen LogP contribution in [-0.4, -0.2) is 16.1 Å². The van der Waals surface area contributed by atoms with Gasteiger partial charge in [0.15, 0.2) is 5.82 Å². The maximum atomic E-state index is 11.9. The van der Waals surface area contributed by atoms with E-state index in [4.69, 9.17) is 9.26 Å². The van der Waals surface area contributed by atoms with Gasteiger partial charge in [-0.1, -0.05) is 49.3 Å². The Balaban J connectivity index is 1.94. The van der Waals surface area contributed by atoms with Crippen molar-refractivity contribution in [3.63, 3.8) is 0 Å². The van der Waals surface area contributed by atoms with Crippen LogP contribution in [0.4, 0.5) is 0 Å². The van der Waals surface area contributed by atoms with Crippen molar-refractivity contribution >= 4 is 5.97 Å². The molecule has 0 spiro atoms. The summed E-state index contributed by atoms with van der Waals surface area (Å²) >= 11 is 0. The molecule has 2 aromatic rings. The first-order chi connectivity index (χ1) is 9.58. The Morgan fingerprint density at radius 2 is 1.95 bits per heavy atom. The minimum atomic E-state index is -0.557. The molecule has 0 aliphatic carbocycles. The van der Waals surface area contributed by atoms with Crippen LogP contribution in [-0.2, 0) is 16.1 Å². The normalized spacial score (nSPS) is 12.4. The molecule has 106 valence electrons. The molecule has 0 saturated carbocycles. The molecule has 0 saturated heterocycles. The van der Waals surface area contributed by atoms with Crippen molar-refractivity contribution in [3.05, 3.63) is 47.6 Å². The lowest BCUT2D eigenvalue weighted by atomic mass is 10.2. The lowest BCUT2D eigenvalue weighted by molar-refractivity contribution is -0.147. The van der Waals surface area contributed by atoms with Gasteiger partial charge in [0, 0.05) is 5.92 Å². The largest absolute Gasteiger partial charge is 0.460 e. The molecule has 1 atom stereocenters. The summed E-state index contributed by atoms with van der Waals surface area (Å²) in [6, 6.07) is 9.53. The van der Waals surface area contributed by atoms with E-state index in [-0.39, 0.29) is 18.5 Å². The van der Waals surface area contributed by atoms with E-state index in [1.165, 1.54) is 0 Å². The first-order valence-electron chi connectivity index (χ1n) is 6.62. The van der Waals surface area contributed by atoms with Crippen LogP contribution in [0.1, 0.15) is 49.9 Å². The highest BCUT2D eigenvalue weighted by Crippen LogP contribution is 2.18. The Morgan fingerprint density at radius 1 is 1.25 bits per heavy atom. The molecule has 0 amide bonds. The SMILES string of the molecule is CC(C)c1noc(C(C)C(=O)OCc2ccccc2)n1. The summed E-state index contributed by atoms with van der Waals surface area (Å²) in [5, 5.41) is 3.84. The minimum Gasteiger partial charge on any atom is -0.460 e. The average Bonchev–Trinajstić information content (AvgIpc) is 2.95.